The first-order valence-corrected chi connectivity index (χ1v) is 8.05. The van der Waals surface area contributed by atoms with Crippen molar-refractivity contribution in [2.24, 2.45) is 0 Å². The average molecular weight is 325 g/mol. The number of ether oxygens (including phenoxy) is 1. The minimum absolute atomic E-state index is 0.00516. The van der Waals surface area contributed by atoms with Crippen molar-refractivity contribution in [3.05, 3.63) is 59.7 Å². The molecule has 0 aliphatic rings. The minimum Gasteiger partial charge on any atom is -0.481 e. The molecule has 0 saturated heterocycles. The summed E-state index contributed by atoms with van der Waals surface area (Å²) in [4.78, 5) is 23.5. The van der Waals surface area contributed by atoms with Crippen LogP contribution in [0.25, 0.3) is 0 Å². The highest BCUT2D eigenvalue weighted by molar-refractivity contribution is 5.96. The van der Waals surface area contributed by atoms with Crippen LogP contribution in [0.4, 0.5) is 5.69 Å². The van der Waals surface area contributed by atoms with Crippen LogP contribution < -0.4 is 10.1 Å². The van der Waals surface area contributed by atoms with Crippen molar-refractivity contribution < 1.29 is 14.3 Å². The number of Topliss-reactive ketones (excluding diaryl/α,β-unsaturated/α-hetero) is 1. The zero-order chi connectivity index (χ0) is 17.7. The average Bonchev–Trinajstić information content (AvgIpc) is 2.55. The van der Waals surface area contributed by atoms with E-state index in [4.69, 9.17) is 4.74 Å². The van der Waals surface area contributed by atoms with Crippen LogP contribution in [-0.2, 0) is 4.79 Å². The molecule has 1 atom stereocenters. The summed E-state index contributed by atoms with van der Waals surface area (Å²) in [5, 5.41) is 2.78. The second-order valence-electron chi connectivity index (χ2n) is 6.11. The number of nitrogens with one attached hydrogen (secondary N) is 1. The van der Waals surface area contributed by atoms with Gasteiger partial charge in [-0.15, -0.1) is 0 Å². The number of rotatable bonds is 6. The van der Waals surface area contributed by atoms with Gasteiger partial charge < -0.3 is 10.1 Å². The van der Waals surface area contributed by atoms with Gasteiger partial charge in [-0.2, -0.15) is 0 Å². The molecular formula is C20H23NO3. The molecule has 0 saturated carbocycles. The van der Waals surface area contributed by atoms with E-state index in [1.165, 1.54) is 12.5 Å². The highest BCUT2D eigenvalue weighted by Crippen LogP contribution is 2.20. The fourth-order valence-electron chi connectivity index (χ4n) is 2.22. The van der Waals surface area contributed by atoms with Crippen LogP contribution in [0.3, 0.4) is 0 Å². The number of benzene rings is 2. The molecular weight excluding hydrogens is 302 g/mol. The Morgan fingerprint density at radius 3 is 2.00 bits per heavy atom. The van der Waals surface area contributed by atoms with Crippen LogP contribution in [0.2, 0.25) is 0 Å². The highest BCUT2D eigenvalue weighted by atomic mass is 16.5. The van der Waals surface area contributed by atoms with Crippen molar-refractivity contribution in [3.8, 4) is 5.75 Å². The molecule has 4 nitrogen and oxygen atoms in total. The van der Waals surface area contributed by atoms with Gasteiger partial charge in [-0.3, -0.25) is 9.59 Å². The fraction of sp³-hybridized carbons (Fsp3) is 0.300. The van der Waals surface area contributed by atoms with Gasteiger partial charge in [-0.05, 0) is 61.7 Å². The molecule has 0 aliphatic carbocycles. The number of hydrogen-bond donors (Lipinski definition) is 1. The first-order chi connectivity index (χ1) is 11.4. The lowest BCUT2D eigenvalue weighted by molar-refractivity contribution is -0.122. The Hall–Kier alpha value is -2.62. The largest absolute Gasteiger partial charge is 0.481 e. The van der Waals surface area contributed by atoms with E-state index in [-0.39, 0.29) is 11.7 Å². The van der Waals surface area contributed by atoms with Gasteiger partial charge in [0.25, 0.3) is 5.91 Å². The molecule has 2 aromatic rings. The molecule has 0 aromatic heterocycles. The van der Waals surface area contributed by atoms with E-state index in [0.29, 0.717) is 22.9 Å². The van der Waals surface area contributed by atoms with Gasteiger partial charge in [-0.25, -0.2) is 0 Å². The summed E-state index contributed by atoms with van der Waals surface area (Å²) in [5.74, 6) is 0.875. The van der Waals surface area contributed by atoms with Crippen LogP contribution in [0, 0.1) is 0 Å². The topological polar surface area (TPSA) is 55.4 Å². The molecule has 1 N–H and O–H groups in total. The molecule has 0 fully saturated rings. The Kier molecular flexibility index (Phi) is 5.74. The summed E-state index contributed by atoms with van der Waals surface area (Å²) < 4.78 is 5.68. The maximum atomic E-state index is 12.2. The Morgan fingerprint density at radius 1 is 0.917 bits per heavy atom. The van der Waals surface area contributed by atoms with E-state index in [1.807, 2.05) is 24.3 Å². The first-order valence-electron chi connectivity index (χ1n) is 8.05. The van der Waals surface area contributed by atoms with Crippen LogP contribution in [-0.4, -0.2) is 17.8 Å². The minimum atomic E-state index is -0.623. The molecule has 126 valence electrons. The molecule has 0 aliphatic heterocycles. The number of carbonyl (C=O) groups excluding carboxylic acids is 2. The van der Waals surface area contributed by atoms with E-state index >= 15 is 0 Å². The van der Waals surface area contributed by atoms with Gasteiger partial charge in [-0.1, -0.05) is 26.0 Å². The van der Waals surface area contributed by atoms with Crippen molar-refractivity contribution in [2.75, 3.05) is 5.32 Å². The van der Waals surface area contributed by atoms with Gasteiger partial charge in [0.15, 0.2) is 11.9 Å². The quantitative estimate of drug-likeness (QED) is 0.800. The molecule has 24 heavy (non-hydrogen) atoms. The number of carbonyl (C=O) groups is 2. The van der Waals surface area contributed by atoms with Gasteiger partial charge in [0.1, 0.15) is 5.75 Å². The third-order valence-corrected chi connectivity index (χ3v) is 3.79. The van der Waals surface area contributed by atoms with E-state index in [1.54, 1.807) is 31.2 Å². The third-order valence-electron chi connectivity index (χ3n) is 3.79. The normalized spacial score (nSPS) is 11.9. The van der Waals surface area contributed by atoms with Crippen molar-refractivity contribution in [1.82, 2.24) is 0 Å². The second-order valence-corrected chi connectivity index (χ2v) is 6.11. The first kappa shape index (κ1) is 17.7. The van der Waals surface area contributed by atoms with Crippen LogP contribution >= 0.6 is 0 Å². The van der Waals surface area contributed by atoms with Crippen LogP contribution in [0.15, 0.2) is 48.5 Å². The number of anilines is 1. The van der Waals surface area contributed by atoms with Crippen molar-refractivity contribution in [3.63, 3.8) is 0 Å². The third kappa shape index (κ3) is 4.69. The zero-order valence-corrected chi connectivity index (χ0v) is 14.5. The predicted octanol–water partition coefficient (Wildman–Crippen LogP) is 4.42. The van der Waals surface area contributed by atoms with E-state index in [2.05, 4.69) is 19.2 Å². The summed E-state index contributed by atoms with van der Waals surface area (Å²) in [6, 6.07) is 14.6. The fourth-order valence-corrected chi connectivity index (χ4v) is 2.22. The standard InChI is InChI=1S/C20H23NO3/c1-13(2)16-7-11-19(12-8-16)24-15(4)20(23)21-18-9-5-17(6-10-18)14(3)22/h5-13,15H,1-4H3,(H,21,23)/t15-/m1/s1. The second kappa shape index (κ2) is 7.77. The summed E-state index contributed by atoms with van der Waals surface area (Å²) >= 11 is 0. The maximum Gasteiger partial charge on any atom is 0.265 e. The van der Waals surface area contributed by atoms with E-state index < -0.39 is 6.10 Å². The predicted molar refractivity (Wildman–Crippen MR) is 95.7 cm³/mol. The van der Waals surface area contributed by atoms with Gasteiger partial charge >= 0.3 is 0 Å². The smallest absolute Gasteiger partial charge is 0.265 e. The lowest BCUT2D eigenvalue weighted by Crippen LogP contribution is -2.30. The molecule has 1 amide bonds. The van der Waals surface area contributed by atoms with Crippen LogP contribution in [0.1, 0.15) is 49.5 Å². The van der Waals surface area contributed by atoms with Crippen molar-refractivity contribution in [2.45, 2.75) is 39.7 Å². The van der Waals surface area contributed by atoms with E-state index in [0.717, 1.165) is 0 Å². The molecule has 0 heterocycles. The number of ketones is 1. The van der Waals surface area contributed by atoms with E-state index in [9.17, 15) is 9.59 Å². The van der Waals surface area contributed by atoms with Gasteiger partial charge in [0.2, 0.25) is 0 Å². The Labute approximate surface area is 142 Å². The molecule has 0 spiro atoms. The van der Waals surface area contributed by atoms with Crippen molar-refractivity contribution >= 4 is 17.4 Å². The van der Waals surface area contributed by atoms with Gasteiger partial charge in [0.05, 0.1) is 0 Å². The summed E-state index contributed by atoms with van der Waals surface area (Å²) in [6.07, 6.45) is -0.623. The van der Waals surface area contributed by atoms with Crippen molar-refractivity contribution in [1.29, 1.82) is 0 Å². The maximum absolute atomic E-state index is 12.2. The molecule has 4 heteroatoms. The Morgan fingerprint density at radius 2 is 1.50 bits per heavy atom. The van der Waals surface area contributed by atoms with Gasteiger partial charge in [0, 0.05) is 11.3 Å². The Bertz CT molecular complexity index is 703. The monoisotopic (exact) mass is 325 g/mol. The van der Waals surface area contributed by atoms with Crippen LogP contribution in [0.5, 0.6) is 5.75 Å². The lowest BCUT2D eigenvalue weighted by Gasteiger charge is -2.15. The summed E-state index contributed by atoms with van der Waals surface area (Å²) in [7, 11) is 0. The molecule has 0 unspecified atom stereocenters. The number of hydrogen-bond acceptors (Lipinski definition) is 3. The summed E-state index contributed by atoms with van der Waals surface area (Å²) in [5.41, 5.74) is 2.48. The number of amides is 1. The summed E-state index contributed by atoms with van der Waals surface area (Å²) in [6.45, 7) is 7.47. The molecule has 2 rings (SSSR count). The highest BCUT2D eigenvalue weighted by Gasteiger charge is 2.15. The molecule has 0 bridgehead atoms. The SMILES string of the molecule is CC(=O)c1ccc(NC(=O)[C@@H](C)Oc2ccc(C(C)C)cc2)cc1. The molecule has 0 radical (unpaired) electrons. The zero-order valence-electron chi connectivity index (χ0n) is 14.5. The molecule has 2 aromatic carbocycles. The lowest BCUT2D eigenvalue weighted by atomic mass is 10.0. The Balaban J connectivity index is 1.95.